The quantitative estimate of drug-likeness (QED) is 0.292. The van der Waals surface area contributed by atoms with Gasteiger partial charge < -0.3 is 20.1 Å². The molecule has 8 nitrogen and oxygen atoms in total. The van der Waals surface area contributed by atoms with Crippen molar-refractivity contribution in [2.75, 3.05) is 46.7 Å². The van der Waals surface area contributed by atoms with Crippen molar-refractivity contribution in [3.63, 3.8) is 0 Å². The van der Waals surface area contributed by atoms with Crippen molar-refractivity contribution in [1.82, 2.24) is 15.4 Å². The Kier molecular flexibility index (Phi) is 9.23. The number of methoxy groups -OCH3 is 2. The largest absolute Gasteiger partial charge is 0.493 e. The summed E-state index contributed by atoms with van der Waals surface area (Å²) in [4.78, 5) is 4.28. The molecule has 0 saturated heterocycles. The van der Waals surface area contributed by atoms with Gasteiger partial charge in [0.2, 0.25) is 10.0 Å². The summed E-state index contributed by atoms with van der Waals surface area (Å²) in [5.74, 6) is 2.21. The number of nitrogens with one attached hydrogen (secondary N) is 3. The third-order valence-corrected chi connectivity index (χ3v) is 7.15. The highest BCUT2D eigenvalue weighted by molar-refractivity contribution is 7.89. The van der Waals surface area contributed by atoms with Crippen molar-refractivity contribution >= 4 is 16.0 Å². The van der Waals surface area contributed by atoms with Gasteiger partial charge >= 0.3 is 0 Å². The molecule has 3 N–H and O–H groups in total. The van der Waals surface area contributed by atoms with Crippen LogP contribution in [-0.2, 0) is 15.4 Å². The van der Waals surface area contributed by atoms with E-state index in [9.17, 15) is 8.42 Å². The lowest BCUT2D eigenvalue weighted by atomic mass is 9.69. The van der Waals surface area contributed by atoms with Gasteiger partial charge in [-0.15, -0.1) is 0 Å². The fourth-order valence-electron chi connectivity index (χ4n) is 3.93. The summed E-state index contributed by atoms with van der Waals surface area (Å²) in [6, 6.07) is 6.18. The van der Waals surface area contributed by atoms with Crippen molar-refractivity contribution in [2.24, 2.45) is 4.99 Å². The van der Waals surface area contributed by atoms with Crippen LogP contribution in [0.15, 0.2) is 23.2 Å². The van der Waals surface area contributed by atoms with Gasteiger partial charge in [0.15, 0.2) is 17.5 Å². The molecule has 0 spiro atoms. The van der Waals surface area contributed by atoms with Gasteiger partial charge in [0.1, 0.15) is 0 Å². The van der Waals surface area contributed by atoms with Crippen molar-refractivity contribution in [2.45, 2.75) is 44.4 Å². The monoisotopic (exact) mass is 440 g/mol. The highest BCUT2D eigenvalue weighted by atomic mass is 32.2. The lowest BCUT2D eigenvalue weighted by Gasteiger charge is -2.38. The molecule has 0 amide bonds. The smallest absolute Gasteiger partial charge is 0.211 e. The first-order chi connectivity index (χ1) is 14.4. The molecule has 30 heavy (non-hydrogen) atoms. The van der Waals surface area contributed by atoms with E-state index >= 15 is 0 Å². The zero-order valence-electron chi connectivity index (χ0n) is 18.6. The van der Waals surface area contributed by atoms with Crippen molar-refractivity contribution in [3.05, 3.63) is 23.8 Å². The molecule has 1 aliphatic carbocycles. The van der Waals surface area contributed by atoms with E-state index in [0.717, 1.165) is 30.9 Å². The van der Waals surface area contributed by atoms with Crippen LogP contribution in [0.4, 0.5) is 0 Å². The van der Waals surface area contributed by atoms with Crippen LogP contribution in [0.5, 0.6) is 11.5 Å². The molecule has 1 aromatic carbocycles. The minimum Gasteiger partial charge on any atom is -0.493 e. The van der Waals surface area contributed by atoms with Gasteiger partial charge in [0.25, 0.3) is 0 Å². The Bertz CT molecular complexity index is 805. The molecule has 0 unspecified atom stereocenters. The Morgan fingerprint density at radius 3 is 2.37 bits per heavy atom. The van der Waals surface area contributed by atoms with Crippen LogP contribution in [0.25, 0.3) is 0 Å². The fraction of sp³-hybridized carbons (Fsp3) is 0.667. The van der Waals surface area contributed by atoms with Gasteiger partial charge in [0.05, 0.1) is 20.0 Å². The molecular weight excluding hydrogens is 404 g/mol. The van der Waals surface area contributed by atoms with Crippen LogP contribution >= 0.6 is 0 Å². The number of sulfonamides is 1. The second-order valence-corrected chi connectivity index (χ2v) is 9.66. The molecule has 0 bridgehead atoms. The topological polar surface area (TPSA) is 101 Å². The predicted octanol–water partition coefficient (Wildman–Crippen LogP) is 2.01. The minimum atomic E-state index is -3.18. The maximum Gasteiger partial charge on any atom is 0.211 e. The standard InChI is InChI=1S/C21H36N4O4S/c1-5-30(26,27)25-14-13-23-20(22-2)24-16-21(11-7-6-8-12-21)17-9-10-18(28-3)19(15-17)29-4/h9-10,15,25H,5-8,11-14,16H2,1-4H3,(H2,22,23,24). The molecule has 9 heteroatoms. The lowest BCUT2D eigenvalue weighted by molar-refractivity contribution is 0.288. The number of hydrogen-bond acceptors (Lipinski definition) is 5. The summed E-state index contributed by atoms with van der Waals surface area (Å²) in [5.41, 5.74) is 1.22. The van der Waals surface area contributed by atoms with E-state index < -0.39 is 10.0 Å². The molecule has 1 saturated carbocycles. The van der Waals surface area contributed by atoms with Crippen LogP contribution in [0.3, 0.4) is 0 Å². The molecular formula is C21H36N4O4S. The summed E-state index contributed by atoms with van der Waals surface area (Å²) < 4.78 is 36.5. The van der Waals surface area contributed by atoms with E-state index in [2.05, 4.69) is 32.5 Å². The fourth-order valence-corrected chi connectivity index (χ4v) is 4.54. The van der Waals surface area contributed by atoms with E-state index in [0.29, 0.717) is 19.0 Å². The molecule has 170 valence electrons. The molecule has 0 heterocycles. The number of rotatable bonds is 10. The Balaban J connectivity index is 2.05. The van der Waals surface area contributed by atoms with E-state index in [4.69, 9.17) is 9.47 Å². The van der Waals surface area contributed by atoms with Gasteiger partial charge in [-0.2, -0.15) is 0 Å². The molecule has 0 atom stereocenters. The molecule has 1 aromatic rings. The van der Waals surface area contributed by atoms with Gasteiger partial charge in [-0.25, -0.2) is 13.1 Å². The summed E-state index contributed by atoms with van der Waals surface area (Å²) in [5, 5.41) is 6.63. The molecule has 1 aliphatic rings. The SMILES string of the molecule is CCS(=O)(=O)NCCNC(=NC)NCC1(c2ccc(OC)c(OC)c2)CCCCC1. The number of benzene rings is 1. The van der Waals surface area contributed by atoms with Crippen molar-refractivity contribution in [3.8, 4) is 11.5 Å². The first-order valence-electron chi connectivity index (χ1n) is 10.5. The third kappa shape index (κ3) is 6.50. The van der Waals surface area contributed by atoms with Gasteiger partial charge in [-0.05, 0) is 37.5 Å². The summed E-state index contributed by atoms with van der Waals surface area (Å²) in [6.45, 7) is 3.14. The highest BCUT2D eigenvalue weighted by Crippen LogP contribution is 2.42. The van der Waals surface area contributed by atoms with E-state index in [1.807, 2.05) is 6.07 Å². The second-order valence-electron chi connectivity index (χ2n) is 7.56. The Morgan fingerprint density at radius 1 is 1.07 bits per heavy atom. The predicted molar refractivity (Wildman–Crippen MR) is 121 cm³/mol. The summed E-state index contributed by atoms with van der Waals surface area (Å²) in [7, 11) is 1.84. The molecule has 0 aliphatic heterocycles. The van der Waals surface area contributed by atoms with Crippen LogP contribution in [0.1, 0.15) is 44.6 Å². The first-order valence-corrected chi connectivity index (χ1v) is 12.2. The Morgan fingerprint density at radius 2 is 1.77 bits per heavy atom. The summed E-state index contributed by atoms with van der Waals surface area (Å²) >= 11 is 0. The van der Waals surface area contributed by atoms with Crippen LogP contribution in [0.2, 0.25) is 0 Å². The second kappa shape index (κ2) is 11.4. The van der Waals surface area contributed by atoms with Gasteiger partial charge in [0, 0.05) is 32.1 Å². The number of guanidine groups is 1. The van der Waals surface area contributed by atoms with Gasteiger partial charge in [-0.1, -0.05) is 25.3 Å². The third-order valence-electron chi connectivity index (χ3n) is 5.74. The van der Waals surface area contributed by atoms with E-state index in [1.54, 1.807) is 28.2 Å². The first kappa shape index (κ1) is 24.3. The molecule has 0 aromatic heterocycles. The number of nitrogens with zero attached hydrogens (tertiary/aromatic N) is 1. The van der Waals surface area contributed by atoms with E-state index in [-0.39, 0.29) is 11.2 Å². The van der Waals surface area contributed by atoms with E-state index in [1.165, 1.54) is 24.8 Å². The number of hydrogen-bond donors (Lipinski definition) is 3. The maximum absolute atomic E-state index is 11.5. The van der Waals surface area contributed by atoms with Crippen LogP contribution in [-0.4, -0.2) is 61.0 Å². The summed E-state index contributed by atoms with van der Waals surface area (Å²) in [6.07, 6.45) is 5.78. The van der Waals surface area contributed by atoms with Crippen molar-refractivity contribution < 1.29 is 17.9 Å². The number of aliphatic imine (C=N–C) groups is 1. The normalized spacial score (nSPS) is 16.7. The minimum absolute atomic E-state index is 0.0147. The zero-order chi connectivity index (χ0) is 22.0. The number of ether oxygens (including phenoxy) is 2. The average molecular weight is 441 g/mol. The molecule has 1 fully saturated rings. The molecule has 2 rings (SSSR count). The van der Waals surface area contributed by atoms with Crippen molar-refractivity contribution in [1.29, 1.82) is 0 Å². The Labute approximate surface area is 180 Å². The lowest BCUT2D eigenvalue weighted by Crippen LogP contribution is -2.48. The van der Waals surface area contributed by atoms with Crippen LogP contribution in [0, 0.1) is 0 Å². The highest BCUT2D eigenvalue weighted by Gasteiger charge is 2.34. The van der Waals surface area contributed by atoms with Crippen LogP contribution < -0.4 is 24.8 Å². The zero-order valence-corrected chi connectivity index (χ0v) is 19.4. The van der Waals surface area contributed by atoms with Gasteiger partial charge in [-0.3, -0.25) is 4.99 Å². The average Bonchev–Trinajstić information content (AvgIpc) is 2.78. The molecule has 0 radical (unpaired) electrons. The Hall–Kier alpha value is -2.00. The maximum atomic E-state index is 11.5.